The van der Waals surface area contributed by atoms with E-state index in [-0.39, 0.29) is 0 Å². The molecule has 8 heteroatoms. The van der Waals surface area contributed by atoms with Gasteiger partial charge in [0.15, 0.2) is 6.19 Å². The number of hydrogen-bond acceptors (Lipinski definition) is 4. The molecule has 3 aromatic rings. The Hall–Kier alpha value is -3.14. The van der Waals surface area contributed by atoms with Gasteiger partial charge in [-0.15, -0.1) is 0 Å². The van der Waals surface area contributed by atoms with Gasteiger partial charge in [-0.05, 0) is 54.4 Å². The summed E-state index contributed by atoms with van der Waals surface area (Å²) in [5, 5.41) is 12.6. The molecule has 0 bridgehead atoms. The van der Waals surface area contributed by atoms with Crippen molar-refractivity contribution < 1.29 is 0 Å². The molecular formula is C21H18Cl2N6. The Bertz CT molecular complexity index is 1080. The van der Waals surface area contributed by atoms with Crippen LogP contribution in [0.3, 0.4) is 0 Å². The molecule has 0 aliphatic heterocycles. The van der Waals surface area contributed by atoms with Crippen molar-refractivity contribution in [1.82, 2.24) is 15.3 Å². The number of hydrogen-bond donors (Lipinski definition) is 1. The smallest absolute Gasteiger partial charge is 0.218 e. The zero-order valence-electron chi connectivity index (χ0n) is 15.9. The minimum Gasteiger partial charge on any atom is -0.299 e. The van der Waals surface area contributed by atoms with Gasteiger partial charge in [-0.2, -0.15) is 5.26 Å². The molecule has 0 unspecified atom stereocenters. The van der Waals surface area contributed by atoms with Gasteiger partial charge < -0.3 is 0 Å². The average molecular weight is 425 g/mol. The fraction of sp³-hybridized carbons (Fsp3) is 0.143. The van der Waals surface area contributed by atoms with E-state index in [1.165, 1.54) is 0 Å². The second-order valence-corrected chi connectivity index (χ2v) is 7.18. The lowest BCUT2D eigenvalue weighted by molar-refractivity contribution is 1.01. The van der Waals surface area contributed by atoms with Gasteiger partial charge in [0.1, 0.15) is 5.82 Å². The lowest BCUT2D eigenvalue weighted by Crippen LogP contribution is -2.37. The number of nitrogens with zero attached hydrogens (tertiary/aromatic N) is 5. The molecule has 0 amide bonds. The molecule has 0 saturated carbocycles. The minimum atomic E-state index is 0.316. The van der Waals surface area contributed by atoms with Crippen molar-refractivity contribution in [2.75, 3.05) is 11.9 Å². The largest absolute Gasteiger partial charge is 0.299 e. The Balaban J connectivity index is 1.93. The summed E-state index contributed by atoms with van der Waals surface area (Å²) in [4.78, 5) is 15.1. The van der Waals surface area contributed by atoms with Crippen molar-refractivity contribution in [3.05, 3.63) is 81.7 Å². The highest BCUT2D eigenvalue weighted by molar-refractivity contribution is 6.42. The molecule has 0 saturated heterocycles. The average Bonchev–Trinajstić information content (AvgIpc) is 2.70. The van der Waals surface area contributed by atoms with E-state index in [1.54, 1.807) is 36.3 Å². The molecule has 3 rings (SSSR count). The quantitative estimate of drug-likeness (QED) is 0.279. The lowest BCUT2D eigenvalue weighted by atomic mass is 10.1. The van der Waals surface area contributed by atoms with Gasteiger partial charge in [0.2, 0.25) is 5.96 Å². The fourth-order valence-electron chi connectivity index (χ4n) is 2.72. The first kappa shape index (κ1) is 20.6. The highest BCUT2D eigenvalue weighted by atomic mass is 35.5. The number of pyridine rings is 2. The van der Waals surface area contributed by atoms with E-state index in [9.17, 15) is 5.26 Å². The van der Waals surface area contributed by atoms with Crippen LogP contribution in [0.25, 0.3) is 0 Å². The van der Waals surface area contributed by atoms with Crippen molar-refractivity contribution in [3.63, 3.8) is 0 Å². The van der Waals surface area contributed by atoms with E-state index in [0.717, 1.165) is 16.8 Å². The van der Waals surface area contributed by atoms with E-state index in [1.807, 2.05) is 43.6 Å². The maximum absolute atomic E-state index is 9.17. The summed E-state index contributed by atoms with van der Waals surface area (Å²) in [5.74, 6) is 0.974. The van der Waals surface area contributed by atoms with Crippen LogP contribution in [-0.4, -0.2) is 23.0 Å². The molecule has 0 radical (unpaired) electrons. The third-order valence-electron chi connectivity index (χ3n) is 4.08. The minimum absolute atomic E-state index is 0.316. The third kappa shape index (κ3) is 5.44. The maximum Gasteiger partial charge on any atom is 0.218 e. The van der Waals surface area contributed by atoms with E-state index in [4.69, 9.17) is 28.2 Å². The predicted octanol–water partition coefficient (Wildman–Crippen LogP) is 4.88. The van der Waals surface area contributed by atoms with Crippen LogP contribution in [0, 0.1) is 18.4 Å². The van der Waals surface area contributed by atoms with Gasteiger partial charge in [-0.1, -0.05) is 29.3 Å². The molecule has 0 spiro atoms. The number of nitrogens with one attached hydrogen (secondary N) is 1. The second kappa shape index (κ2) is 9.37. The van der Waals surface area contributed by atoms with Gasteiger partial charge >= 0.3 is 0 Å². The van der Waals surface area contributed by atoms with Crippen LogP contribution in [0.5, 0.6) is 0 Å². The number of nitriles is 1. The summed E-state index contributed by atoms with van der Waals surface area (Å²) in [5.41, 5.74) is 3.57. The number of benzene rings is 1. The first-order chi connectivity index (χ1) is 14.0. The van der Waals surface area contributed by atoms with Crippen LogP contribution in [0.4, 0.5) is 11.5 Å². The molecule has 2 aromatic heterocycles. The lowest BCUT2D eigenvalue weighted by Gasteiger charge is -2.20. The van der Waals surface area contributed by atoms with Crippen LogP contribution >= 0.6 is 23.2 Å². The Labute approximate surface area is 179 Å². The normalized spacial score (nSPS) is 11.1. The Kier molecular flexibility index (Phi) is 6.65. The van der Waals surface area contributed by atoms with Crippen LogP contribution in [-0.2, 0) is 6.42 Å². The van der Waals surface area contributed by atoms with Crippen molar-refractivity contribution >= 4 is 40.7 Å². The molecule has 0 fully saturated rings. The van der Waals surface area contributed by atoms with Crippen LogP contribution in [0.2, 0.25) is 10.0 Å². The van der Waals surface area contributed by atoms with E-state index >= 15 is 0 Å². The summed E-state index contributed by atoms with van der Waals surface area (Å²) in [6, 6.07) is 12.9. The Morgan fingerprint density at radius 2 is 2.03 bits per heavy atom. The third-order valence-corrected chi connectivity index (χ3v) is 4.82. The van der Waals surface area contributed by atoms with E-state index in [0.29, 0.717) is 33.9 Å². The Morgan fingerprint density at radius 1 is 1.21 bits per heavy atom. The molecular weight excluding hydrogens is 407 g/mol. The van der Waals surface area contributed by atoms with E-state index in [2.05, 4.69) is 15.3 Å². The van der Waals surface area contributed by atoms with Gasteiger partial charge in [-0.3, -0.25) is 15.2 Å². The highest BCUT2D eigenvalue weighted by Gasteiger charge is 2.13. The van der Waals surface area contributed by atoms with Crippen molar-refractivity contribution in [3.8, 4) is 6.19 Å². The number of aliphatic imine (C=N–C) groups is 1. The molecule has 1 aromatic carbocycles. The topological polar surface area (TPSA) is 77.2 Å². The summed E-state index contributed by atoms with van der Waals surface area (Å²) >= 11 is 12.0. The number of guanidine groups is 1. The molecule has 0 aliphatic rings. The standard InChI is InChI=1S/C21H18Cl2N6/c1-14-8-17(10-15-4-3-7-25-12-15)27-20(9-14)29(2)21(26-13-24)28-16-5-6-18(22)19(23)11-16/h3-9,11-12H,10H2,1-2H3,(H,26,28). The summed E-state index contributed by atoms with van der Waals surface area (Å²) in [6.45, 7) is 2.00. The first-order valence-electron chi connectivity index (χ1n) is 8.75. The first-order valence-corrected chi connectivity index (χ1v) is 9.51. The van der Waals surface area contributed by atoms with Crippen LogP contribution in [0.15, 0.2) is 59.9 Å². The molecule has 6 nitrogen and oxygen atoms in total. The molecule has 0 aliphatic carbocycles. The zero-order valence-corrected chi connectivity index (χ0v) is 17.4. The summed E-state index contributed by atoms with van der Waals surface area (Å²) in [6.07, 6.45) is 6.13. The van der Waals surface area contributed by atoms with Gasteiger partial charge in [-0.25, -0.2) is 9.98 Å². The maximum atomic E-state index is 9.17. The summed E-state index contributed by atoms with van der Waals surface area (Å²) < 4.78 is 0. The second-order valence-electron chi connectivity index (χ2n) is 6.36. The van der Waals surface area contributed by atoms with Gasteiger partial charge in [0.25, 0.3) is 0 Å². The Morgan fingerprint density at radius 3 is 2.72 bits per heavy atom. The number of rotatable bonds is 4. The fourth-order valence-corrected chi connectivity index (χ4v) is 3.01. The molecule has 29 heavy (non-hydrogen) atoms. The predicted molar refractivity (Wildman–Crippen MR) is 117 cm³/mol. The zero-order chi connectivity index (χ0) is 20.8. The van der Waals surface area contributed by atoms with Crippen molar-refractivity contribution in [2.45, 2.75) is 13.3 Å². The highest BCUT2D eigenvalue weighted by Crippen LogP contribution is 2.27. The number of aromatic nitrogens is 2. The number of anilines is 1. The molecule has 0 atom stereocenters. The summed E-state index contributed by atoms with van der Waals surface area (Å²) in [7, 11) is 1.79. The molecule has 1 N–H and O–H groups in total. The monoisotopic (exact) mass is 424 g/mol. The van der Waals surface area contributed by atoms with E-state index < -0.39 is 0 Å². The SMILES string of the molecule is Cc1cc(Cc2cccnc2)nc(N(C)C(=Nc2ccc(Cl)c(Cl)c2)NC#N)c1. The molecule has 146 valence electrons. The van der Waals surface area contributed by atoms with Gasteiger partial charge in [0, 0.05) is 31.6 Å². The van der Waals surface area contributed by atoms with Gasteiger partial charge in [0.05, 0.1) is 15.7 Å². The van der Waals surface area contributed by atoms with Crippen LogP contribution < -0.4 is 10.2 Å². The van der Waals surface area contributed by atoms with Crippen molar-refractivity contribution in [2.24, 2.45) is 4.99 Å². The number of aryl methyl sites for hydroxylation is 1. The number of halogens is 2. The van der Waals surface area contributed by atoms with Crippen molar-refractivity contribution in [1.29, 1.82) is 5.26 Å². The van der Waals surface area contributed by atoms with Crippen LogP contribution in [0.1, 0.15) is 16.8 Å². The molecule has 2 heterocycles.